The Morgan fingerprint density at radius 1 is 1.03 bits per heavy atom. The standard InChI is InChI=1S/C25H31N3O4S/c1-7-28(15-17-8-13-20(30-5)21(14-17)31-6)22(29)16-33-24-27-26-23(32-24)18-9-11-19(12-10-18)25(2,3)4/h8-14H,7,15-16H2,1-6H3. The minimum Gasteiger partial charge on any atom is -0.493 e. The van der Waals surface area contributed by atoms with Crippen LogP contribution >= 0.6 is 11.8 Å². The monoisotopic (exact) mass is 469 g/mol. The number of aromatic nitrogens is 2. The minimum absolute atomic E-state index is 0.00781. The van der Waals surface area contributed by atoms with E-state index in [4.69, 9.17) is 13.9 Å². The lowest BCUT2D eigenvalue weighted by molar-refractivity contribution is -0.128. The molecule has 0 saturated carbocycles. The molecule has 2 aromatic carbocycles. The molecule has 0 aliphatic carbocycles. The average molecular weight is 470 g/mol. The van der Waals surface area contributed by atoms with Crippen LogP contribution < -0.4 is 9.47 Å². The van der Waals surface area contributed by atoms with Gasteiger partial charge in [-0.3, -0.25) is 4.79 Å². The lowest BCUT2D eigenvalue weighted by Gasteiger charge is -2.21. The zero-order valence-corrected chi connectivity index (χ0v) is 20.9. The number of carbonyl (C=O) groups excluding carboxylic acids is 1. The molecule has 1 amide bonds. The highest BCUT2D eigenvalue weighted by Gasteiger charge is 2.18. The van der Waals surface area contributed by atoms with Crippen LogP contribution in [0.2, 0.25) is 0 Å². The van der Waals surface area contributed by atoms with E-state index in [0.717, 1.165) is 11.1 Å². The fraction of sp³-hybridized carbons (Fsp3) is 0.400. The molecule has 0 spiro atoms. The predicted octanol–water partition coefficient (Wildman–Crippen LogP) is 5.19. The van der Waals surface area contributed by atoms with Crippen molar-refractivity contribution in [3.63, 3.8) is 0 Å². The number of carbonyl (C=O) groups is 1. The molecular formula is C25H31N3O4S. The van der Waals surface area contributed by atoms with Crippen molar-refractivity contribution in [1.82, 2.24) is 15.1 Å². The molecule has 1 heterocycles. The second-order valence-corrected chi connectivity index (χ2v) is 9.51. The van der Waals surface area contributed by atoms with Gasteiger partial charge in [0.15, 0.2) is 11.5 Å². The Bertz CT molecular complexity index is 1070. The number of ether oxygens (including phenoxy) is 2. The van der Waals surface area contributed by atoms with Crippen molar-refractivity contribution < 1.29 is 18.7 Å². The van der Waals surface area contributed by atoms with Crippen LogP contribution in [0.5, 0.6) is 11.5 Å². The fourth-order valence-electron chi connectivity index (χ4n) is 3.29. The number of amides is 1. The van der Waals surface area contributed by atoms with Gasteiger partial charge in [-0.2, -0.15) is 0 Å². The molecule has 8 heteroatoms. The van der Waals surface area contributed by atoms with Gasteiger partial charge in [0.25, 0.3) is 5.22 Å². The SMILES string of the molecule is CCN(Cc1ccc(OC)c(OC)c1)C(=O)CSc1nnc(-c2ccc(C(C)(C)C)cc2)o1. The van der Waals surface area contributed by atoms with Gasteiger partial charge < -0.3 is 18.8 Å². The maximum Gasteiger partial charge on any atom is 0.277 e. The number of thioether (sulfide) groups is 1. The summed E-state index contributed by atoms with van der Waals surface area (Å²) in [7, 11) is 3.19. The molecule has 3 rings (SSSR count). The van der Waals surface area contributed by atoms with Crippen molar-refractivity contribution in [3.8, 4) is 23.0 Å². The molecule has 7 nitrogen and oxygen atoms in total. The van der Waals surface area contributed by atoms with Crippen molar-refractivity contribution in [2.45, 2.75) is 44.9 Å². The summed E-state index contributed by atoms with van der Waals surface area (Å²) in [5, 5.41) is 8.60. The molecule has 0 bridgehead atoms. The number of hydrogen-bond donors (Lipinski definition) is 0. The summed E-state index contributed by atoms with van der Waals surface area (Å²) >= 11 is 1.24. The summed E-state index contributed by atoms with van der Waals surface area (Å²) in [4.78, 5) is 14.6. The van der Waals surface area contributed by atoms with Gasteiger partial charge in [0.1, 0.15) is 0 Å². The van der Waals surface area contributed by atoms with E-state index in [9.17, 15) is 4.79 Å². The predicted molar refractivity (Wildman–Crippen MR) is 130 cm³/mol. The highest BCUT2D eigenvalue weighted by atomic mass is 32.2. The molecule has 0 atom stereocenters. The largest absolute Gasteiger partial charge is 0.493 e. The molecule has 0 aliphatic rings. The molecule has 33 heavy (non-hydrogen) atoms. The summed E-state index contributed by atoms with van der Waals surface area (Å²) in [6.45, 7) is 9.53. The van der Waals surface area contributed by atoms with E-state index in [-0.39, 0.29) is 17.1 Å². The molecule has 0 saturated heterocycles. The van der Waals surface area contributed by atoms with Crippen molar-refractivity contribution in [3.05, 3.63) is 53.6 Å². The van der Waals surface area contributed by atoms with E-state index in [1.165, 1.54) is 17.3 Å². The minimum atomic E-state index is -0.00781. The normalized spacial score (nSPS) is 11.3. The molecule has 0 fully saturated rings. The second-order valence-electron chi connectivity index (χ2n) is 8.59. The Balaban J connectivity index is 1.60. The summed E-state index contributed by atoms with van der Waals surface area (Å²) in [5.41, 5.74) is 3.14. The summed E-state index contributed by atoms with van der Waals surface area (Å²) in [5.74, 6) is 1.95. The highest BCUT2D eigenvalue weighted by molar-refractivity contribution is 7.99. The first-order chi connectivity index (χ1) is 15.7. The number of rotatable bonds is 9. The first-order valence-corrected chi connectivity index (χ1v) is 11.8. The van der Waals surface area contributed by atoms with E-state index in [0.29, 0.717) is 35.7 Å². The topological polar surface area (TPSA) is 77.7 Å². The van der Waals surface area contributed by atoms with Gasteiger partial charge in [0, 0.05) is 18.7 Å². The van der Waals surface area contributed by atoms with Gasteiger partial charge in [0.05, 0.1) is 20.0 Å². The van der Waals surface area contributed by atoms with Crippen LogP contribution in [0.25, 0.3) is 11.5 Å². The Morgan fingerprint density at radius 3 is 2.33 bits per heavy atom. The van der Waals surface area contributed by atoms with E-state index < -0.39 is 0 Å². The summed E-state index contributed by atoms with van der Waals surface area (Å²) in [6.07, 6.45) is 0. The quantitative estimate of drug-likeness (QED) is 0.399. The Hall–Kier alpha value is -3.00. The molecule has 0 aliphatic heterocycles. The Morgan fingerprint density at radius 2 is 1.73 bits per heavy atom. The van der Waals surface area contributed by atoms with Crippen LogP contribution in [0, 0.1) is 0 Å². The number of hydrogen-bond acceptors (Lipinski definition) is 7. The first kappa shape index (κ1) is 24.6. The molecule has 0 radical (unpaired) electrons. The van der Waals surface area contributed by atoms with Gasteiger partial charge >= 0.3 is 0 Å². The van der Waals surface area contributed by atoms with Gasteiger partial charge in [-0.25, -0.2) is 0 Å². The van der Waals surface area contributed by atoms with Crippen LogP contribution in [0.15, 0.2) is 52.1 Å². The van der Waals surface area contributed by atoms with Crippen molar-refractivity contribution in [1.29, 1.82) is 0 Å². The van der Waals surface area contributed by atoms with E-state index in [2.05, 4.69) is 43.1 Å². The first-order valence-electron chi connectivity index (χ1n) is 10.8. The number of methoxy groups -OCH3 is 2. The number of benzene rings is 2. The van der Waals surface area contributed by atoms with E-state index >= 15 is 0 Å². The lowest BCUT2D eigenvalue weighted by Crippen LogP contribution is -2.31. The van der Waals surface area contributed by atoms with Crippen LogP contribution in [-0.2, 0) is 16.8 Å². The van der Waals surface area contributed by atoms with Crippen LogP contribution in [0.1, 0.15) is 38.8 Å². The van der Waals surface area contributed by atoms with Gasteiger partial charge in [-0.15, -0.1) is 10.2 Å². The van der Waals surface area contributed by atoms with Crippen LogP contribution in [0.3, 0.4) is 0 Å². The molecule has 0 N–H and O–H groups in total. The smallest absolute Gasteiger partial charge is 0.277 e. The highest BCUT2D eigenvalue weighted by Crippen LogP contribution is 2.29. The second kappa shape index (κ2) is 10.7. The number of nitrogens with zero attached hydrogens (tertiary/aromatic N) is 3. The van der Waals surface area contributed by atoms with Gasteiger partial charge in [-0.1, -0.05) is 50.7 Å². The fourth-order valence-corrected chi connectivity index (χ4v) is 3.95. The van der Waals surface area contributed by atoms with E-state index in [1.54, 1.807) is 19.1 Å². The molecule has 0 unspecified atom stereocenters. The third-order valence-corrected chi connectivity index (χ3v) is 6.08. The Kier molecular flexibility index (Phi) is 8.02. The average Bonchev–Trinajstić information content (AvgIpc) is 3.29. The van der Waals surface area contributed by atoms with Gasteiger partial charge in [0.2, 0.25) is 11.8 Å². The molecule has 176 valence electrons. The van der Waals surface area contributed by atoms with Crippen LogP contribution in [0.4, 0.5) is 0 Å². The third-order valence-electron chi connectivity index (χ3n) is 5.28. The summed E-state index contributed by atoms with van der Waals surface area (Å²) < 4.78 is 16.4. The zero-order chi connectivity index (χ0) is 24.0. The third kappa shape index (κ3) is 6.28. The zero-order valence-electron chi connectivity index (χ0n) is 20.0. The Labute approximate surface area is 199 Å². The summed E-state index contributed by atoms with van der Waals surface area (Å²) in [6, 6.07) is 13.8. The molecular weight excluding hydrogens is 438 g/mol. The molecule has 1 aromatic heterocycles. The van der Waals surface area contributed by atoms with Crippen LogP contribution in [-0.4, -0.2) is 47.5 Å². The van der Waals surface area contributed by atoms with Crippen molar-refractivity contribution in [2.24, 2.45) is 0 Å². The molecule has 3 aromatic rings. The lowest BCUT2D eigenvalue weighted by atomic mass is 9.87. The van der Waals surface area contributed by atoms with E-state index in [1.807, 2.05) is 37.3 Å². The maximum absolute atomic E-state index is 12.8. The van der Waals surface area contributed by atoms with Gasteiger partial charge in [-0.05, 0) is 47.7 Å². The van der Waals surface area contributed by atoms with Crippen molar-refractivity contribution in [2.75, 3.05) is 26.5 Å². The van der Waals surface area contributed by atoms with Crippen molar-refractivity contribution >= 4 is 17.7 Å². The maximum atomic E-state index is 12.8.